The minimum atomic E-state index is -0.277. The van der Waals surface area contributed by atoms with Crippen molar-refractivity contribution in [2.75, 3.05) is 26.7 Å². The fourth-order valence-electron chi connectivity index (χ4n) is 10.5. The fourth-order valence-corrected chi connectivity index (χ4v) is 10.5. The van der Waals surface area contributed by atoms with Crippen LogP contribution in [0, 0.1) is 23.2 Å². The number of amides is 2. The van der Waals surface area contributed by atoms with Crippen LogP contribution in [0.2, 0.25) is 0 Å². The van der Waals surface area contributed by atoms with E-state index in [2.05, 4.69) is 21.9 Å². The summed E-state index contributed by atoms with van der Waals surface area (Å²) >= 11 is 0. The van der Waals surface area contributed by atoms with E-state index in [4.69, 9.17) is 0 Å². The van der Waals surface area contributed by atoms with Gasteiger partial charge in [-0.15, -0.1) is 0 Å². The summed E-state index contributed by atoms with van der Waals surface area (Å²) in [7, 11) is 1.81. The normalized spacial score (nSPS) is 43.5. The summed E-state index contributed by atoms with van der Waals surface area (Å²) in [5.74, 6) is 2.60. The summed E-state index contributed by atoms with van der Waals surface area (Å²) in [5.41, 5.74) is 3.21. The molecular weight excluding hydrogens is 438 g/mol. The zero-order valence-corrected chi connectivity index (χ0v) is 20.8. The van der Waals surface area contributed by atoms with Crippen LogP contribution < -0.4 is 0 Å². The van der Waals surface area contributed by atoms with Crippen LogP contribution in [0.1, 0.15) is 62.5 Å². The van der Waals surface area contributed by atoms with Gasteiger partial charge in [0.15, 0.2) is 0 Å². The number of carbonyl (C=O) groups is 2. The van der Waals surface area contributed by atoms with Crippen molar-refractivity contribution in [1.29, 1.82) is 0 Å². The van der Waals surface area contributed by atoms with Crippen LogP contribution in [0.4, 0.5) is 0 Å². The number of aromatic hydroxyl groups is 1. The maximum Gasteiger partial charge on any atom is 0.245 e. The lowest BCUT2D eigenvalue weighted by Gasteiger charge is -2.66. The van der Waals surface area contributed by atoms with Gasteiger partial charge in [0.2, 0.25) is 11.8 Å². The topological polar surface area (TPSA) is 64.1 Å². The first-order valence-electron chi connectivity index (χ1n) is 14.1. The highest BCUT2D eigenvalue weighted by Gasteiger charge is 2.76. The summed E-state index contributed by atoms with van der Waals surface area (Å²) in [4.78, 5) is 32.8. The van der Waals surface area contributed by atoms with E-state index >= 15 is 0 Å². The predicted molar refractivity (Wildman–Crippen MR) is 131 cm³/mol. The van der Waals surface area contributed by atoms with Gasteiger partial charge in [-0.05, 0) is 104 Å². The summed E-state index contributed by atoms with van der Waals surface area (Å²) in [6.07, 6.45) is 9.74. The van der Waals surface area contributed by atoms with E-state index in [1.807, 2.05) is 6.07 Å². The van der Waals surface area contributed by atoms with E-state index in [0.717, 1.165) is 38.3 Å². The molecule has 2 amide bonds. The molecule has 0 aromatic heterocycles. The number of benzene rings is 1. The number of hydrogen-bond donors (Lipinski definition) is 1. The van der Waals surface area contributed by atoms with Gasteiger partial charge in [-0.2, -0.15) is 0 Å². The predicted octanol–water partition coefficient (Wildman–Crippen LogP) is 2.92. The zero-order valence-electron chi connectivity index (χ0n) is 20.8. The van der Waals surface area contributed by atoms with Crippen molar-refractivity contribution in [3.8, 4) is 5.75 Å². The van der Waals surface area contributed by atoms with Crippen molar-refractivity contribution in [1.82, 2.24) is 14.7 Å². The third-order valence-electron chi connectivity index (χ3n) is 11.8. The van der Waals surface area contributed by atoms with Crippen LogP contribution >= 0.6 is 0 Å². The van der Waals surface area contributed by atoms with Gasteiger partial charge < -0.3 is 14.9 Å². The van der Waals surface area contributed by atoms with Gasteiger partial charge >= 0.3 is 0 Å². The number of hydrogen-bond acceptors (Lipinski definition) is 4. The van der Waals surface area contributed by atoms with Crippen LogP contribution in [0.3, 0.4) is 0 Å². The molecular formula is C29H37N3O3. The minimum Gasteiger partial charge on any atom is -0.508 e. The molecule has 3 saturated carbocycles. The lowest BCUT2D eigenvalue weighted by atomic mass is 9.43. The first kappa shape index (κ1) is 21.0. The largest absolute Gasteiger partial charge is 0.508 e. The number of carbonyl (C=O) groups excluding carboxylic acids is 2. The summed E-state index contributed by atoms with van der Waals surface area (Å²) in [5, 5.41) is 10.6. The molecule has 7 aliphatic rings. The number of phenols is 1. The molecule has 1 N–H and O–H groups in total. The SMILES string of the molecule is CN1C(=O)CC[C@@H]1C(=O)N1C[C@H]2C[C@@]34CC[C@@H]1[C@@H]2[C@@]31CCN(CC2CC2)[C@@H]4Cc2ccc(O)cc21. The highest BCUT2D eigenvalue weighted by atomic mass is 16.3. The maximum atomic E-state index is 13.8. The molecule has 3 heterocycles. The van der Waals surface area contributed by atoms with Crippen molar-refractivity contribution < 1.29 is 14.7 Å². The minimum absolute atomic E-state index is 0.0735. The molecule has 4 bridgehead atoms. The number of nitrogens with zero attached hydrogens (tertiary/aromatic N) is 3. The van der Waals surface area contributed by atoms with E-state index < -0.39 is 0 Å². The Labute approximate surface area is 207 Å². The van der Waals surface area contributed by atoms with Gasteiger partial charge in [0.1, 0.15) is 11.8 Å². The first-order valence-corrected chi connectivity index (χ1v) is 14.1. The van der Waals surface area contributed by atoms with Crippen molar-refractivity contribution in [2.45, 2.75) is 81.3 Å². The monoisotopic (exact) mass is 475 g/mol. The third kappa shape index (κ3) is 2.50. The molecule has 35 heavy (non-hydrogen) atoms. The van der Waals surface area contributed by atoms with E-state index in [9.17, 15) is 14.7 Å². The molecule has 0 spiro atoms. The molecule has 7 atom stereocenters. The number of fused-ring (bicyclic) bond motifs is 1. The van der Waals surface area contributed by atoms with Gasteiger partial charge in [-0.3, -0.25) is 14.5 Å². The summed E-state index contributed by atoms with van der Waals surface area (Å²) in [6, 6.07) is 6.79. The molecule has 6 nitrogen and oxygen atoms in total. The molecule has 6 heteroatoms. The molecule has 4 aliphatic carbocycles. The summed E-state index contributed by atoms with van der Waals surface area (Å²) in [6.45, 7) is 3.28. The smallest absolute Gasteiger partial charge is 0.245 e. The van der Waals surface area contributed by atoms with Crippen molar-refractivity contribution >= 4 is 11.8 Å². The number of likely N-dealkylation sites (N-methyl/N-ethyl adjacent to an activating group) is 1. The third-order valence-corrected chi connectivity index (χ3v) is 11.8. The lowest BCUT2D eigenvalue weighted by molar-refractivity contribution is -0.146. The highest BCUT2D eigenvalue weighted by Crippen LogP contribution is 2.75. The standard InChI is InChI=1S/C29H37N3O3/c1-30-23(6-7-25(30)34)27(35)32-16-19-14-28-9-8-22(32)26(19)29(28)10-11-31(15-17-2-3-17)24(28)12-18-4-5-20(33)13-21(18)29/h4-5,13,17,19,22-24,26,33H,2-3,6-12,14-16H2,1H3/t19-,22-,23-,24-,26-,28-,29+/m1/s1. The number of rotatable bonds is 3. The van der Waals surface area contributed by atoms with Crippen LogP contribution in [-0.4, -0.2) is 76.4 Å². The molecule has 1 aromatic carbocycles. The van der Waals surface area contributed by atoms with Gasteiger partial charge in [-0.25, -0.2) is 0 Å². The highest BCUT2D eigenvalue weighted by molar-refractivity contribution is 5.91. The van der Waals surface area contributed by atoms with Crippen LogP contribution in [0.5, 0.6) is 5.75 Å². The molecule has 3 aliphatic heterocycles. The Kier molecular flexibility index (Phi) is 4.10. The second-order valence-corrected chi connectivity index (χ2v) is 13.0. The van der Waals surface area contributed by atoms with Gasteiger partial charge in [-0.1, -0.05) is 6.07 Å². The van der Waals surface area contributed by atoms with Crippen LogP contribution in [-0.2, 0) is 21.4 Å². The average Bonchev–Trinajstić information content (AvgIpc) is 3.43. The first-order chi connectivity index (χ1) is 16.9. The second kappa shape index (κ2) is 6.81. The molecule has 0 radical (unpaired) electrons. The maximum absolute atomic E-state index is 13.8. The quantitative estimate of drug-likeness (QED) is 0.730. The number of piperidine rings is 1. The van der Waals surface area contributed by atoms with E-state index in [0.29, 0.717) is 36.5 Å². The van der Waals surface area contributed by atoms with E-state index in [1.54, 1.807) is 11.9 Å². The van der Waals surface area contributed by atoms with Crippen LogP contribution in [0.25, 0.3) is 0 Å². The molecule has 8 rings (SSSR count). The Bertz CT molecular complexity index is 1130. The van der Waals surface area contributed by atoms with Gasteiger partial charge in [0.05, 0.1) is 0 Å². The molecule has 1 aromatic rings. The molecule has 6 fully saturated rings. The summed E-state index contributed by atoms with van der Waals surface area (Å²) < 4.78 is 0. The Morgan fingerprint density at radius 2 is 2.03 bits per heavy atom. The van der Waals surface area contributed by atoms with Gasteiger partial charge in [0, 0.05) is 44.1 Å². The van der Waals surface area contributed by atoms with E-state index in [1.165, 1.54) is 43.4 Å². The molecule has 186 valence electrons. The zero-order chi connectivity index (χ0) is 23.7. The van der Waals surface area contributed by atoms with Crippen molar-refractivity contribution in [3.05, 3.63) is 29.3 Å². The Morgan fingerprint density at radius 3 is 2.80 bits per heavy atom. The van der Waals surface area contributed by atoms with E-state index in [-0.39, 0.29) is 34.7 Å². The second-order valence-electron chi connectivity index (χ2n) is 13.0. The van der Waals surface area contributed by atoms with Gasteiger partial charge in [0.25, 0.3) is 0 Å². The Morgan fingerprint density at radius 1 is 1.17 bits per heavy atom. The Hall–Kier alpha value is -2.08. The molecule has 3 saturated heterocycles. The fraction of sp³-hybridized carbons (Fsp3) is 0.724. The van der Waals surface area contributed by atoms with Crippen molar-refractivity contribution in [3.63, 3.8) is 0 Å². The Balaban J connectivity index is 1.22. The number of phenolic OH excluding ortho intramolecular Hbond substituents is 1. The van der Waals surface area contributed by atoms with Crippen molar-refractivity contribution in [2.24, 2.45) is 23.2 Å². The number of likely N-dealkylation sites (tertiary alicyclic amines) is 3. The lowest BCUT2D eigenvalue weighted by Crippen LogP contribution is -2.70. The van der Waals surface area contributed by atoms with Crippen LogP contribution in [0.15, 0.2) is 18.2 Å². The average molecular weight is 476 g/mol. The molecule has 0 unspecified atom stereocenters.